The number of halogens is 4. The highest BCUT2D eigenvalue weighted by Gasteiger charge is 2.62. The summed E-state index contributed by atoms with van der Waals surface area (Å²) in [4.78, 5) is 52.7. The molecule has 0 saturated carbocycles. The summed E-state index contributed by atoms with van der Waals surface area (Å²) in [6.45, 7) is 0. The van der Waals surface area contributed by atoms with Gasteiger partial charge in [-0.3, -0.25) is 9.59 Å². The van der Waals surface area contributed by atoms with E-state index in [0.29, 0.717) is 9.80 Å². The average molecular weight is 532 g/mol. The van der Waals surface area contributed by atoms with Gasteiger partial charge in [-0.2, -0.15) is 0 Å². The van der Waals surface area contributed by atoms with Crippen LogP contribution in [0.1, 0.15) is 20.7 Å². The van der Waals surface area contributed by atoms with Crippen LogP contribution >= 0.6 is 46.4 Å². The maximum absolute atomic E-state index is 13.2. The summed E-state index contributed by atoms with van der Waals surface area (Å²) in [6.07, 6.45) is -5.17. The van der Waals surface area contributed by atoms with Crippen LogP contribution in [0.5, 0.6) is 0 Å². The van der Waals surface area contributed by atoms with Crippen LogP contribution in [0.15, 0.2) is 60.7 Å². The van der Waals surface area contributed by atoms with Gasteiger partial charge in [-0.1, -0.05) is 82.8 Å². The lowest BCUT2D eigenvalue weighted by molar-refractivity contribution is 0.0496. The van der Waals surface area contributed by atoms with Gasteiger partial charge in [-0.15, -0.1) is 0 Å². The maximum Gasteiger partial charge on any atom is 0.418 e. The van der Waals surface area contributed by atoms with Crippen molar-refractivity contribution in [2.75, 3.05) is 0 Å². The Morgan fingerprint density at radius 1 is 0.758 bits per heavy atom. The molecule has 0 bridgehead atoms. The van der Waals surface area contributed by atoms with E-state index >= 15 is 0 Å². The molecule has 2 saturated heterocycles. The zero-order chi connectivity index (χ0) is 23.9. The van der Waals surface area contributed by atoms with Gasteiger partial charge in [-0.25, -0.2) is 19.4 Å². The molecule has 2 aliphatic heterocycles. The lowest BCUT2D eigenvalue weighted by Crippen LogP contribution is -2.55. The van der Waals surface area contributed by atoms with Crippen molar-refractivity contribution in [3.63, 3.8) is 0 Å². The van der Waals surface area contributed by atoms with Gasteiger partial charge in [0.15, 0.2) is 17.7 Å². The highest BCUT2D eigenvalue weighted by molar-refractivity contribution is 6.68. The fourth-order valence-electron chi connectivity index (χ4n) is 3.63. The Morgan fingerprint density at radius 3 is 1.70 bits per heavy atom. The van der Waals surface area contributed by atoms with E-state index in [1.54, 1.807) is 36.4 Å². The first-order valence-electron chi connectivity index (χ1n) is 9.50. The molecule has 4 rings (SSSR count). The zero-order valence-electron chi connectivity index (χ0n) is 16.4. The number of carbonyl (C=O) groups excluding carboxylic acids is 4. The first-order valence-corrected chi connectivity index (χ1v) is 11.1. The van der Waals surface area contributed by atoms with Crippen molar-refractivity contribution in [2.45, 2.75) is 27.5 Å². The van der Waals surface area contributed by atoms with Gasteiger partial charge in [0, 0.05) is 11.1 Å². The largest absolute Gasteiger partial charge is 0.440 e. The number of nitrogens with zero attached hydrogens (tertiary/aromatic N) is 2. The average Bonchev–Trinajstić information content (AvgIpc) is 3.29. The number of carbonyl (C=O) groups is 4. The number of imide groups is 2. The maximum atomic E-state index is 13.2. The molecule has 0 radical (unpaired) electrons. The molecule has 4 atom stereocenters. The van der Waals surface area contributed by atoms with Crippen LogP contribution in [-0.2, 0) is 9.47 Å². The number of rotatable bonds is 3. The van der Waals surface area contributed by atoms with Crippen LogP contribution in [0, 0.1) is 0 Å². The molecule has 2 aromatic carbocycles. The first kappa shape index (κ1) is 23.6. The first-order chi connectivity index (χ1) is 15.6. The van der Waals surface area contributed by atoms with E-state index < -0.39 is 51.5 Å². The van der Waals surface area contributed by atoms with Gasteiger partial charge in [-0.05, 0) is 24.3 Å². The van der Waals surface area contributed by atoms with Crippen molar-refractivity contribution in [1.82, 2.24) is 9.80 Å². The lowest BCUT2D eigenvalue weighted by Gasteiger charge is -2.31. The smallest absolute Gasteiger partial charge is 0.418 e. The van der Waals surface area contributed by atoms with E-state index in [-0.39, 0.29) is 11.1 Å². The van der Waals surface area contributed by atoms with E-state index in [1.165, 1.54) is 24.3 Å². The van der Waals surface area contributed by atoms with Gasteiger partial charge in [0.05, 0.1) is 0 Å². The topological polar surface area (TPSA) is 93.2 Å². The standard InChI is InChI=1S/C21H14Cl4N2O6/c22-16-14(32-20(31)27(16)18(29)12-9-5-2-6-10-12)13-15(21(23,24)25)33-19(30)26(13)17(28)11-7-3-1-4-8-11/h1-10,13-16H/t13-,14+,15+,16-/m0/s1. The number of ether oxygens (including phenoxy) is 2. The Balaban J connectivity index is 1.71. The van der Waals surface area contributed by atoms with Crippen LogP contribution in [0.3, 0.4) is 0 Å². The molecule has 0 aliphatic carbocycles. The zero-order valence-corrected chi connectivity index (χ0v) is 19.5. The molecule has 2 fully saturated rings. The molecule has 33 heavy (non-hydrogen) atoms. The number of amides is 4. The predicted molar refractivity (Wildman–Crippen MR) is 119 cm³/mol. The molecule has 2 aromatic rings. The Labute approximate surface area is 207 Å². The Hall–Kier alpha value is -2.52. The highest BCUT2D eigenvalue weighted by Crippen LogP contribution is 2.43. The third-order valence-corrected chi connectivity index (χ3v) is 6.21. The normalized spacial score (nSPS) is 25.1. The molecular formula is C21H14Cl4N2O6. The summed E-state index contributed by atoms with van der Waals surface area (Å²) < 4.78 is 8.32. The van der Waals surface area contributed by atoms with Crippen LogP contribution in [0.4, 0.5) is 9.59 Å². The molecule has 0 N–H and O–H groups in total. The molecule has 12 heteroatoms. The van der Waals surface area contributed by atoms with E-state index in [9.17, 15) is 19.2 Å². The fraction of sp³-hybridized carbons (Fsp3) is 0.238. The van der Waals surface area contributed by atoms with E-state index in [0.717, 1.165) is 0 Å². The lowest BCUT2D eigenvalue weighted by atomic mass is 10.0. The number of hydrogen-bond acceptors (Lipinski definition) is 6. The van der Waals surface area contributed by atoms with Crippen molar-refractivity contribution in [1.29, 1.82) is 0 Å². The Kier molecular flexibility index (Phi) is 6.46. The van der Waals surface area contributed by atoms with Crippen molar-refractivity contribution in [3.8, 4) is 0 Å². The second kappa shape index (κ2) is 9.02. The summed E-state index contributed by atoms with van der Waals surface area (Å²) >= 11 is 24.5. The molecule has 172 valence electrons. The predicted octanol–water partition coefficient (Wildman–Crippen LogP) is 4.61. The highest BCUT2D eigenvalue weighted by atomic mass is 35.6. The van der Waals surface area contributed by atoms with Gasteiger partial charge in [0.2, 0.25) is 3.79 Å². The molecule has 0 unspecified atom stereocenters. The molecule has 0 spiro atoms. The third-order valence-electron chi connectivity index (χ3n) is 5.12. The molecule has 2 heterocycles. The van der Waals surface area contributed by atoms with E-state index in [2.05, 4.69) is 0 Å². The summed E-state index contributed by atoms with van der Waals surface area (Å²) in [6, 6.07) is 14.3. The van der Waals surface area contributed by atoms with Crippen LogP contribution < -0.4 is 0 Å². The number of alkyl halides is 4. The van der Waals surface area contributed by atoms with E-state index in [4.69, 9.17) is 55.9 Å². The van der Waals surface area contributed by atoms with Gasteiger partial charge >= 0.3 is 12.2 Å². The van der Waals surface area contributed by atoms with Gasteiger partial charge in [0.25, 0.3) is 11.8 Å². The minimum atomic E-state index is -2.20. The van der Waals surface area contributed by atoms with Crippen LogP contribution in [0.25, 0.3) is 0 Å². The number of hydrogen-bond donors (Lipinski definition) is 0. The molecule has 8 nitrogen and oxygen atoms in total. The summed E-state index contributed by atoms with van der Waals surface area (Å²) in [7, 11) is 0. The molecule has 0 aromatic heterocycles. The monoisotopic (exact) mass is 530 g/mol. The van der Waals surface area contributed by atoms with Crippen molar-refractivity contribution >= 4 is 70.4 Å². The Morgan fingerprint density at radius 2 is 1.21 bits per heavy atom. The van der Waals surface area contributed by atoms with Crippen molar-refractivity contribution < 1.29 is 28.7 Å². The second-order valence-corrected chi connectivity index (χ2v) is 9.96. The minimum absolute atomic E-state index is 0.136. The number of benzene rings is 2. The van der Waals surface area contributed by atoms with Crippen LogP contribution in [0.2, 0.25) is 0 Å². The van der Waals surface area contributed by atoms with Crippen LogP contribution in [-0.4, -0.2) is 61.3 Å². The quantitative estimate of drug-likeness (QED) is 0.424. The van der Waals surface area contributed by atoms with Crippen molar-refractivity contribution in [2.24, 2.45) is 0 Å². The SMILES string of the molecule is O=C1O[C@@H](C(Cl)(Cl)Cl)[C@H]([C@H]2OC(=O)N(C(=O)c3ccccc3)[C@@H]2Cl)N1C(=O)c1ccccc1. The van der Waals surface area contributed by atoms with E-state index in [1.807, 2.05) is 0 Å². The molecule has 4 amide bonds. The fourth-order valence-corrected chi connectivity index (χ4v) is 4.52. The third kappa shape index (κ3) is 4.36. The summed E-state index contributed by atoms with van der Waals surface area (Å²) in [5.41, 5.74) is -1.13. The molecular weight excluding hydrogens is 518 g/mol. The summed E-state index contributed by atoms with van der Waals surface area (Å²) in [5.74, 6) is -1.52. The second-order valence-electron chi connectivity index (χ2n) is 7.14. The van der Waals surface area contributed by atoms with Gasteiger partial charge < -0.3 is 9.47 Å². The van der Waals surface area contributed by atoms with Gasteiger partial charge in [0.1, 0.15) is 6.04 Å². The van der Waals surface area contributed by atoms with Crippen molar-refractivity contribution in [3.05, 3.63) is 71.8 Å². The minimum Gasteiger partial charge on any atom is -0.440 e. The Bertz CT molecular complexity index is 1090. The molecule has 2 aliphatic rings. The number of cyclic esters (lactones) is 2. The summed E-state index contributed by atoms with van der Waals surface area (Å²) in [5, 5.41) is 0.